The van der Waals surface area contributed by atoms with Crippen molar-refractivity contribution in [1.82, 2.24) is 0 Å². The standard InChI is InChI=1S/C19H28O2/c1-18-10-4-3-5-12(18)6-7-13-14-8-9-16(21)19(14,2)11-15(20)17(13)18/h3-4,12-15,17,20H,5-11H2,1-2H3/t12-,13+,14+,15+,17-,18+,19+/m1/s1. The summed E-state index contributed by atoms with van der Waals surface area (Å²) in [6.45, 7) is 4.56. The Morgan fingerprint density at radius 1 is 1.19 bits per heavy atom. The molecular weight excluding hydrogens is 260 g/mol. The smallest absolute Gasteiger partial charge is 0.139 e. The lowest BCUT2D eigenvalue weighted by atomic mass is 9.45. The molecule has 0 saturated heterocycles. The van der Waals surface area contributed by atoms with Gasteiger partial charge in [0.15, 0.2) is 0 Å². The van der Waals surface area contributed by atoms with Crippen molar-refractivity contribution in [2.45, 2.75) is 64.9 Å². The van der Waals surface area contributed by atoms with E-state index in [1.807, 2.05) is 0 Å². The molecule has 2 heteroatoms. The minimum absolute atomic E-state index is 0.228. The van der Waals surface area contributed by atoms with E-state index in [-0.39, 0.29) is 16.9 Å². The van der Waals surface area contributed by atoms with Crippen molar-refractivity contribution >= 4 is 5.78 Å². The fourth-order valence-corrected chi connectivity index (χ4v) is 6.74. The molecule has 3 fully saturated rings. The third kappa shape index (κ3) is 1.72. The van der Waals surface area contributed by atoms with Gasteiger partial charge in [-0.15, -0.1) is 0 Å². The maximum atomic E-state index is 12.4. The summed E-state index contributed by atoms with van der Waals surface area (Å²) in [6, 6.07) is 0. The van der Waals surface area contributed by atoms with Crippen LogP contribution in [0.15, 0.2) is 12.2 Å². The predicted octanol–water partition coefficient (Wildman–Crippen LogP) is 3.74. The van der Waals surface area contributed by atoms with Crippen molar-refractivity contribution in [2.24, 2.45) is 34.5 Å². The Hall–Kier alpha value is -0.630. The van der Waals surface area contributed by atoms with Crippen LogP contribution < -0.4 is 0 Å². The lowest BCUT2D eigenvalue weighted by Gasteiger charge is -2.60. The molecule has 116 valence electrons. The SMILES string of the molecule is C[C@]12CC=CC[C@@H]1CC[C@@H]1[C@@H]2[C@@H](O)C[C@]2(C)C(=O)CC[C@@H]12. The number of Topliss-reactive ketones (excluding diaryl/α,β-unsaturated/α-hetero) is 1. The molecule has 0 spiro atoms. The number of rotatable bonds is 0. The summed E-state index contributed by atoms with van der Waals surface area (Å²) in [7, 11) is 0. The van der Waals surface area contributed by atoms with Crippen molar-refractivity contribution in [3.05, 3.63) is 12.2 Å². The molecule has 4 aliphatic carbocycles. The highest BCUT2D eigenvalue weighted by atomic mass is 16.3. The van der Waals surface area contributed by atoms with Gasteiger partial charge in [-0.05, 0) is 67.6 Å². The van der Waals surface area contributed by atoms with Crippen LogP contribution in [-0.2, 0) is 4.79 Å². The maximum Gasteiger partial charge on any atom is 0.139 e. The molecule has 0 aromatic rings. The first-order chi connectivity index (χ1) is 9.97. The van der Waals surface area contributed by atoms with Crippen molar-refractivity contribution in [2.75, 3.05) is 0 Å². The second-order valence-corrected chi connectivity index (χ2v) is 8.64. The molecule has 0 aromatic carbocycles. The molecule has 1 N–H and O–H groups in total. The van der Waals surface area contributed by atoms with Gasteiger partial charge in [-0.1, -0.05) is 26.0 Å². The fourth-order valence-electron chi connectivity index (χ4n) is 6.74. The topological polar surface area (TPSA) is 37.3 Å². The summed E-state index contributed by atoms with van der Waals surface area (Å²) in [5.41, 5.74) is 0.0261. The second kappa shape index (κ2) is 4.44. The zero-order chi connectivity index (χ0) is 14.8. The fraction of sp³-hybridized carbons (Fsp3) is 0.842. The van der Waals surface area contributed by atoms with E-state index in [4.69, 9.17) is 0 Å². The monoisotopic (exact) mass is 288 g/mol. The van der Waals surface area contributed by atoms with Crippen molar-refractivity contribution in [3.8, 4) is 0 Å². The highest BCUT2D eigenvalue weighted by Crippen LogP contribution is 2.64. The van der Waals surface area contributed by atoms with Gasteiger partial charge in [-0.2, -0.15) is 0 Å². The molecule has 0 unspecified atom stereocenters. The summed E-state index contributed by atoms with van der Waals surface area (Å²) >= 11 is 0. The summed E-state index contributed by atoms with van der Waals surface area (Å²) in [4.78, 5) is 12.4. The average molecular weight is 288 g/mol. The van der Waals surface area contributed by atoms with E-state index < -0.39 is 0 Å². The zero-order valence-electron chi connectivity index (χ0n) is 13.3. The quantitative estimate of drug-likeness (QED) is 0.690. The summed E-state index contributed by atoms with van der Waals surface area (Å²) in [5.74, 6) is 2.66. The van der Waals surface area contributed by atoms with E-state index in [9.17, 15) is 9.90 Å². The normalized spacial score (nSPS) is 55.8. The summed E-state index contributed by atoms with van der Waals surface area (Å²) < 4.78 is 0. The van der Waals surface area contributed by atoms with Crippen LogP contribution in [0.25, 0.3) is 0 Å². The van der Waals surface area contributed by atoms with Crippen LogP contribution in [0.5, 0.6) is 0 Å². The van der Waals surface area contributed by atoms with Crippen LogP contribution in [0.4, 0.5) is 0 Å². The molecule has 7 atom stereocenters. The molecule has 0 heterocycles. The first-order valence-electron chi connectivity index (χ1n) is 8.83. The van der Waals surface area contributed by atoms with E-state index in [0.29, 0.717) is 30.0 Å². The van der Waals surface area contributed by atoms with Crippen molar-refractivity contribution < 1.29 is 9.90 Å². The molecule has 0 aromatic heterocycles. The number of carbonyl (C=O) groups is 1. The number of hydrogen-bond acceptors (Lipinski definition) is 2. The molecule has 0 amide bonds. The van der Waals surface area contributed by atoms with Gasteiger partial charge < -0.3 is 5.11 Å². The average Bonchev–Trinajstić information content (AvgIpc) is 2.73. The number of aliphatic hydroxyl groups excluding tert-OH is 1. The van der Waals surface area contributed by atoms with E-state index in [2.05, 4.69) is 26.0 Å². The van der Waals surface area contributed by atoms with E-state index in [0.717, 1.165) is 25.2 Å². The van der Waals surface area contributed by atoms with Gasteiger partial charge in [0.2, 0.25) is 0 Å². The molecule has 0 aliphatic heterocycles. The Kier molecular flexibility index (Phi) is 2.96. The molecular formula is C19H28O2. The molecule has 3 saturated carbocycles. The maximum absolute atomic E-state index is 12.4. The number of fused-ring (bicyclic) bond motifs is 5. The molecule has 4 rings (SSSR count). The van der Waals surface area contributed by atoms with Gasteiger partial charge in [-0.25, -0.2) is 0 Å². The molecule has 0 bridgehead atoms. The first-order valence-corrected chi connectivity index (χ1v) is 8.83. The van der Waals surface area contributed by atoms with Crippen LogP contribution in [0, 0.1) is 34.5 Å². The van der Waals surface area contributed by atoms with Gasteiger partial charge in [0.05, 0.1) is 6.10 Å². The van der Waals surface area contributed by atoms with E-state index in [1.54, 1.807) is 0 Å². The number of allylic oxidation sites excluding steroid dienone is 2. The predicted molar refractivity (Wildman–Crippen MR) is 82.6 cm³/mol. The van der Waals surface area contributed by atoms with Gasteiger partial charge in [-0.3, -0.25) is 4.79 Å². The Balaban J connectivity index is 1.73. The Bertz CT molecular complexity index is 496. The van der Waals surface area contributed by atoms with Crippen molar-refractivity contribution in [3.63, 3.8) is 0 Å². The third-order valence-electron chi connectivity index (χ3n) is 7.85. The van der Waals surface area contributed by atoms with Gasteiger partial charge in [0.25, 0.3) is 0 Å². The summed E-state index contributed by atoms with van der Waals surface area (Å²) in [6.07, 6.45) is 11.7. The molecule has 21 heavy (non-hydrogen) atoms. The van der Waals surface area contributed by atoms with Crippen LogP contribution in [-0.4, -0.2) is 17.0 Å². The van der Waals surface area contributed by atoms with Crippen LogP contribution in [0.2, 0.25) is 0 Å². The lowest BCUT2D eigenvalue weighted by molar-refractivity contribution is -0.162. The van der Waals surface area contributed by atoms with E-state index >= 15 is 0 Å². The second-order valence-electron chi connectivity index (χ2n) is 8.64. The Labute approximate surface area is 128 Å². The number of carbonyl (C=O) groups excluding carboxylic acids is 1. The number of aliphatic hydroxyl groups is 1. The number of hydrogen-bond donors (Lipinski definition) is 1. The molecule has 2 nitrogen and oxygen atoms in total. The minimum Gasteiger partial charge on any atom is -0.393 e. The highest BCUT2D eigenvalue weighted by Gasteiger charge is 2.62. The van der Waals surface area contributed by atoms with Gasteiger partial charge >= 0.3 is 0 Å². The summed E-state index contributed by atoms with van der Waals surface area (Å²) in [5, 5.41) is 11.0. The number of ketones is 1. The Morgan fingerprint density at radius 2 is 2.00 bits per heavy atom. The van der Waals surface area contributed by atoms with Crippen LogP contribution in [0.3, 0.4) is 0 Å². The molecule has 0 radical (unpaired) electrons. The minimum atomic E-state index is -0.280. The Morgan fingerprint density at radius 3 is 2.81 bits per heavy atom. The van der Waals surface area contributed by atoms with Gasteiger partial charge in [0, 0.05) is 11.8 Å². The third-order valence-corrected chi connectivity index (χ3v) is 7.85. The molecule has 4 aliphatic rings. The highest BCUT2D eigenvalue weighted by molar-refractivity contribution is 5.87. The lowest BCUT2D eigenvalue weighted by Crippen LogP contribution is -2.58. The largest absolute Gasteiger partial charge is 0.393 e. The van der Waals surface area contributed by atoms with Gasteiger partial charge in [0.1, 0.15) is 5.78 Å². The van der Waals surface area contributed by atoms with Crippen molar-refractivity contribution in [1.29, 1.82) is 0 Å². The zero-order valence-corrected chi connectivity index (χ0v) is 13.3. The van der Waals surface area contributed by atoms with Crippen LogP contribution in [0.1, 0.15) is 58.8 Å². The van der Waals surface area contributed by atoms with Crippen LogP contribution >= 0.6 is 0 Å². The van der Waals surface area contributed by atoms with E-state index in [1.165, 1.54) is 19.3 Å². The first kappa shape index (κ1) is 14.0.